The average Bonchev–Trinajstić information content (AvgIpc) is 2.51. The lowest BCUT2D eigenvalue weighted by Crippen LogP contribution is -2.48. The van der Waals surface area contributed by atoms with E-state index in [0.29, 0.717) is 32.5 Å². The molecule has 120 valence electrons. The number of halogens is 1. The molecule has 7 heteroatoms. The van der Waals surface area contributed by atoms with Crippen LogP contribution >= 0.6 is 11.6 Å². The zero-order valence-electron chi connectivity index (χ0n) is 12.4. The molecule has 2 rings (SSSR count). The molecule has 3 N–H and O–H groups in total. The molecule has 1 saturated heterocycles. The average molecular weight is 325 g/mol. The Morgan fingerprint density at radius 2 is 1.95 bits per heavy atom. The fraction of sp³-hybridized carbons (Fsp3) is 0.467. The summed E-state index contributed by atoms with van der Waals surface area (Å²) in [5.41, 5.74) is 6.06. The Kier molecular flexibility index (Phi) is 5.89. The molecule has 0 aromatic heterocycles. The summed E-state index contributed by atoms with van der Waals surface area (Å²) in [4.78, 5) is 26.7. The second-order valence-electron chi connectivity index (χ2n) is 5.24. The summed E-state index contributed by atoms with van der Waals surface area (Å²) in [5, 5.41) is 3.21. The highest BCUT2D eigenvalue weighted by molar-refractivity contribution is 6.30. The molecule has 0 aliphatic carbocycles. The number of piperazine rings is 1. The van der Waals surface area contributed by atoms with Gasteiger partial charge in [-0.25, -0.2) is 4.79 Å². The van der Waals surface area contributed by atoms with Gasteiger partial charge in [0, 0.05) is 49.9 Å². The van der Waals surface area contributed by atoms with Gasteiger partial charge in [0.2, 0.25) is 5.91 Å². The van der Waals surface area contributed by atoms with Gasteiger partial charge in [0.15, 0.2) is 0 Å². The van der Waals surface area contributed by atoms with Gasteiger partial charge in [0.25, 0.3) is 0 Å². The predicted octanol–water partition coefficient (Wildman–Crippen LogP) is 1.44. The zero-order valence-corrected chi connectivity index (χ0v) is 13.2. The number of carbonyl (C=O) groups is 2. The van der Waals surface area contributed by atoms with Crippen molar-refractivity contribution in [2.24, 2.45) is 5.73 Å². The van der Waals surface area contributed by atoms with Crippen LogP contribution in [-0.2, 0) is 4.79 Å². The second-order valence-corrected chi connectivity index (χ2v) is 5.68. The highest BCUT2D eigenvalue weighted by atomic mass is 35.5. The van der Waals surface area contributed by atoms with Crippen LogP contribution in [0.2, 0.25) is 5.02 Å². The SMILES string of the molecule is NC(=O)NCCCC(=O)N1CCN(c2cccc(Cl)c2)CC1. The number of primary amides is 1. The molecule has 0 atom stereocenters. The third-order valence-electron chi connectivity index (χ3n) is 3.67. The number of urea groups is 1. The van der Waals surface area contributed by atoms with E-state index >= 15 is 0 Å². The zero-order chi connectivity index (χ0) is 15.9. The number of hydrogen-bond donors (Lipinski definition) is 2. The monoisotopic (exact) mass is 324 g/mol. The minimum Gasteiger partial charge on any atom is -0.368 e. The minimum absolute atomic E-state index is 0.122. The molecule has 0 radical (unpaired) electrons. The van der Waals surface area contributed by atoms with Crippen molar-refractivity contribution >= 4 is 29.2 Å². The van der Waals surface area contributed by atoms with Crippen molar-refractivity contribution < 1.29 is 9.59 Å². The first-order chi connectivity index (χ1) is 10.6. The van der Waals surface area contributed by atoms with Crippen molar-refractivity contribution in [3.8, 4) is 0 Å². The largest absolute Gasteiger partial charge is 0.368 e. The van der Waals surface area contributed by atoms with Crippen molar-refractivity contribution in [3.63, 3.8) is 0 Å². The number of nitrogens with two attached hydrogens (primary N) is 1. The van der Waals surface area contributed by atoms with Crippen LogP contribution in [0, 0.1) is 0 Å². The fourth-order valence-corrected chi connectivity index (χ4v) is 2.68. The highest BCUT2D eigenvalue weighted by Crippen LogP contribution is 2.20. The maximum atomic E-state index is 12.1. The van der Waals surface area contributed by atoms with E-state index in [1.54, 1.807) is 0 Å². The molecular weight excluding hydrogens is 304 g/mol. The van der Waals surface area contributed by atoms with E-state index in [2.05, 4.69) is 10.2 Å². The van der Waals surface area contributed by atoms with Gasteiger partial charge in [-0.2, -0.15) is 0 Å². The number of rotatable bonds is 5. The summed E-state index contributed by atoms with van der Waals surface area (Å²) in [5.74, 6) is 0.122. The normalized spacial score (nSPS) is 14.8. The summed E-state index contributed by atoms with van der Waals surface area (Å²) >= 11 is 6.01. The van der Waals surface area contributed by atoms with Crippen LogP contribution in [0.25, 0.3) is 0 Å². The quantitative estimate of drug-likeness (QED) is 0.804. The standard InChI is InChI=1S/C15H21ClN4O2/c16-12-3-1-4-13(11-12)19-7-9-20(10-8-19)14(21)5-2-6-18-15(17)22/h1,3-4,11H,2,5-10H2,(H3,17,18,22). The van der Waals surface area contributed by atoms with Crippen molar-refractivity contribution in [1.82, 2.24) is 10.2 Å². The van der Waals surface area contributed by atoms with Gasteiger partial charge < -0.3 is 20.9 Å². The molecule has 22 heavy (non-hydrogen) atoms. The first kappa shape index (κ1) is 16.4. The number of nitrogens with one attached hydrogen (secondary N) is 1. The van der Waals surface area contributed by atoms with Gasteiger partial charge in [-0.1, -0.05) is 17.7 Å². The van der Waals surface area contributed by atoms with E-state index in [4.69, 9.17) is 17.3 Å². The molecule has 0 unspecified atom stereocenters. The number of benzene rings is 1. The minimum atomic E-state index is -0.553. The Bertz CT molecular complexity index is 530. The lowest BCUT2D eigenvalue weighted by Gasteiger charge is -2.36. The lowest BCUT2D eigenvalue weighted by atomic mass is 10.2. The molecule has 1 heterocycles. The van der Waals surface area contributed by atoms with Crippen LogP contribution in [0.1, 0.15) is 12.8 Å². The van der Waals surface area contributed by atoms with Gasteiger partial charge in [0.05, 0.1) is 0 Å². The van der Waals surface area contributed by atoms with Crippen LogP contribution in [0.4, 0.5) is 10.5 Å². The molecule has 3 amide bonds. The van der Waals surface area contributed by atoms with Crippen LogP contribution in [0.3, 0.4) is 0 Å². The Morgan fingerprint density at radius 1 is 1.23 bits per heavy atom. The molecule has 1 aromatic carbocycles. The van der Waals surface area contributed by atoms with Crippen LogP contribution in [0.15, 0.2) is 24.3 Å². The Hall–Kier alpha value is -1.95. The molecule has 1 fully saturated rings. The number of carbonyl (C=O) groups excluding carboxylic acids is 2. The number of amides is 3. The summed E-state index contributed by atoms with van der Waals surface area (Å²) < 4.78 is 0. The maximum Gasteiger partial charge on any atom is 0.312 e. The molecule has 6 nitrogen and oxygen atoms in total. The smallest absolute Gasteiger partial charge is 0.312 e. The van der Waals surface area contributed by atoms with E-state index in [1.807, 2.05) is 29.2 Å². The molecule has 0 bridgehead atoms. The Labute approximate surface area is 135 Å². The first-order valence-corrected chi connectivity index (χ1v) is 7.75. The number of hydrogen-bond acceptors (Lipinski definition) is 3. The Balaban J connectivity index is 1.74. The third kappa shape index (κ3) is 4.80. The van der Waals surface area contributed by atoms with Crippen molar-refractivity contribution in [2.75, 3.05) is 37.6 Å². The summed E-state index contributed by atoms with van der Waals surface area (Å²) in [6, 6.07) is 7.20. The molecule has 0 saturated carbocycles. The molecule has 0 spiro atoms. The van der Waals surface area contributed by atoms with Crippen molar-refractivity contribution in [3.05, 3.63) is 29.3 Å². The summed E-state index contributed by atoms with van der Waals surface area (Å²) in [6.07, 6.45) is 1.04. The summed E-state index contributed by atoms with van der Waals surface area (Å²) in [7, 11) is 0. The Morgan fingerprint density at radius 3 is 2.59 bits per heavy atom. The molecule has 1 aliphatic heterocycles. The van der Waals surface area contributed by atoms with Gasteiger partial charge in [-0.3, -0.25) is 4.79 Å². The summed E-state index contributed by atoms with van der Waals surface area (Å²) in [6.45, 7) is 3.43. The maximum absolute atomic E-state index is 12.1. The van der Waals surface area contributed by atoms with Crippen molar-refractivity contribution in [2.45, 2.75) is 12.8 Å². The highest BCUT2D eigenvalue weighted by Gasteiger charge is 2.20. The molecule has 1 aromatic rings. The van der Waals surface area contributed by atoms with E-state index in [-0.39, 0.29) is 5.91 Å². The lowest BCUT2D eigenvalue weighted by molar-refractivity contribution is -0.131. The second kappa shape index (κ2) is 7.89. The van der Waals surface area contributed by atoms with Gasteiger partial charge >= 0.3 is 6.03 Å². The molecular formula is C15H21ClN4O2. The first-order valence-electron chi connectivity index (χ1n) is 7.38. The van der Waals surface area contributed by atoms with E-state index in [1.165, 1.54) is 0 Å². The van der Waals surface area contributed by atoms with E-state index < -0.39 is 6.03 Å². The number of nitrogens with zero attached hydrogens (tertiary/aromatic N) is 2. The van der Waals surface area contributed by atoms with Gasteiger partial charge in [-0.05, 0) is 24.6 Å². The molecule has 1 aliphatic rings. The van der Waals surface area contributed by atoms with E-state index in [0.717, 1.165) is 23.8 Å². The number of anilines is 1. The van der Waals surface area contributed by atoms with Gasteiger partial charge in [-0.15, -0.1) is 0 Å². The van der Waals surface area contributed by atoms with Gasteiger partial charge in [0.1, 0.15) is 0 Å². The van der Waals surface area contributed by atoms with Crippen LogP contribution in [0.5, 0.6) is 0 Å². The fourth-order valence-electron chi connectivity index (χ4n) is 2.50. The van der Waals surface area contributed by atoms with E-state index in [9.17, 15) is 9.59 Å². The third-order valence-corrected chi connectivity index (χ3v) is 3.91. The van der Waals surface area contributed by atoms with Crippen molar-refractivity contribution in [1.29, 1.82) is 0 Å². The van der Waals surface area contributed by atoms with Crippen LogP contribution in [-0.4, -0.2) is 49.6 Å². The predicted molar refractivity (Wildman–Crippen MR) is 87.1 cm³/mol. The topological polar surface area (TPSA) is 78.7 Å². The van der Waals surface area contributed by atoms with Crippen LogP contribution < -0.4 is 16.0 Å².